The van der Waals surface area contributed by atoms with Crippen molar-refractivity contribution in [3.05, 3.63) is 71.8 Å². The van der Waals surface area contributed by atoms with Gasteiger partial charge in [-0.05, 0) is 42.0 Å². The maximum atomic E-state index is 12.9. The lowest BCUT2D eigenvalue weighted by molar-refractivity contribution is 0.357. The van der Waals surface area contributed by atoms with Crippen LogP contribution in [0.15, 0.2) is 65.6 Å². The van der Waals surface area contributed by atoms with E-state index in [9.17, 15) is 8.42 Å². The zero-order valence-electron chi connectivity index (χ0n) is 14.6. The van der Waals surface area contributed by atoms with Crippen LogP contribution in [0.2, 0.25) is 0 Å². The van der Waals surface area contributed by atoms with Gasteiger partial charge in [0.15, 0.2) is 0 Å². The van der Waals surface area contributed by atoms with Crippen molar-refractivity contribution in [3.8, 4) is 5.75 Å². The van der Waals surface area contributed by atoms with Crippen LogP contribution in [0.4, 0.5) is 0 Å². The zero-order chi connectivity index (χ0) is 18.1. The van der Waals surface area contributed by atoms with Crippen LogP contribution in [0.1, 0.15) is 18.1 Å². The molecule has 0 aromatic heterocycles. The highest BCUT2D eigenvalue weighted by molar-refractivity contribution is 7.89. The first-order valence-corrected chi connectivity index (χ1v) is 10.3. The van der Waals surface area contributed by atoms with Gasteiger partial charge in [-0.3, -0.25) is 0 Å². The highest BCUT2D eigenvalue weighted by Gasteiger charge is 2.20. The Morgan fingerprint density at radius 3 is 2.77 bits per heavy atom. The summed E-state index contributed by atoms with van der Waals surface area (Å²) in [4.78, 5) is 0.324. The molecule has 1 N–H and O–H groups in total. The van der Waals surface area contributed by atoms with Gasteiger partial charge in [0.05, 0.1) is 11.5 Å². The molecule has 5 heteroatoms. The Labute approximate surface area is 153 Å². The standard InChI is InChI=1S/C21H21NO3S/c1-15(13-16-9-10-20-18(14-16)11-12-25-20)22-26(23,24)21-8-4-6-17-5-2-3-7-19(17)21/h2-10,14-15,22H,11-13H2,1H3. The number of hydrogen-bond donors (Lipinski definition) is 1. The first-order chi connectivity index (χ1) is 12.5. The summed E-state index contributed by atoms with van der Waals surface area (Å²) in [6, 6.07) is 18.8. The Balaban J connectivity index is 1.55. The summed E-state index contributed by atoms with van der Waals surface area (Å²) in [5, 5.41) is 1.66. The molecule has 0 amide bonds. The molecule has 26 heavy (non-hydrogen) atoms. The van der Waals surface area contributed by atoms with Gasteiger partial charge in [0.25, 0.3) is 0 Å². The van der Waals surface area contributed by atoms with Gasteiger partial charge in [-0.25, -0.2) is 13.1 Å². The molecule has 0 bridgehead atoms. The van der Waals surface area contributed by atoms with E-state index in [0.29, 0.717) is 11.3 Å². The van der Waals surface area contributed by atoms with E-state index in [1.165, 1.54) is 5.56 Å². The van der Waals surface area contributed by atoms with E-state index in [1.807, 2.05) is 49.4 Å². The largest absolute Gasteiger partial charge is 0.493 e. The summed E-state index contributed by atoms with van der Waals surface area (Å²) in [6.07, 6.45) is 1.55. The third kappa shape index (κ3) is 3.32. The minimum Gasteiger partial charge on any atom is -0.493 e. The van der Waals surface area contributed by atoms with E-state index >= 15 is 0 Å². The molecule has 0 saturated heterocycles. The number of hydrogen-bond acceptors (Lipinski definition) is 3. The number of benzene rings is 3. The average Bonchev–Trinajstić information content (AvgIpc) is 3.08. The molecule has 0 aliphatic carbocycles. The van der Waals surface area contributed by atoms with Gasteiger partial charge in [-0.15, -0.1) is 0 Å². The molecule has 0 saturated carbocycles. The maximum absolute atomic E-state index is 12.9. The van der Waals surface area contributed by atoms with Crippen molar-refractivity contribution in [2.24, 2.45) is 0 Å². The lowest BCUT2D eigenvalue weighted by Crippen LogP contribution is -2.34. The van der Waals surface area contributed by atoms with E-state index in [2.05, 4.69) is 10.8 Å². The third-order valence-electron chi connectivity index (χ3n) is 4.69. The molecule has 1 unspecified atom stereocenters. The van der Waals surface area contributed by atoms with Gasteiger partial charge in [-0.1, -0.05) is 48.5 Å². The zero-order valence-corrected chi connectivity index (χ0v) is 15.4. The minimum absolute atomic E-state index is 0.209. The molecule has 0 radical (unpaired) electrons. The Morgan fingerprint density at radius 2 is 1.88 bits per heavy atom. The number of ether oxygens (including phenoxy) is 1. The van der Waals surface area contributed by atoms with Crippen LogP contribution in [0.5, 0.6) is 5.75 Å². The normalized spacial score (nSPS) is 14.8. The van der Waals surface area contributed by atoms with E-state index in [4.69, 9.17) is 4.74 Å². The fourth-order valence-corrected chi connectivity index (χ4v) is 4.99. The Kier molecular flexibility index (Phi) is 4.42. The molecule has 3 aromatic rings. The van der Waals surface area contributed by atoms with E-state index in [1.54, 1.807) is 12.1 Å². The van der Waals surface area contributed by atoms with Gasteiger partial charge in [-0.2, -0.15) is 0 Å². The second-order valence-electron chi connectivity index (χ2n) is 6.74. The molecular formula is C21H21NO3S. The number of nitrogens with one attached hydrogen (secondary N) is 1. The van der Waals surface area contributed by atoms with Crippen LogP contribution in [0.3, 0.4) is 0 Å². The monoisotopic (exact) mass is 367 g/mol. The van der Waals surface area contributed by atoms with Crippen LogP contribution >= 0.6 is 0 Å². The van der Waals surface area contributed by atoms with Crippen molar-refractivity contribution < 1.29 is 13.2 Å². The number of sulfonamides is 1. The van der Waals surface area contributed by atoms with E-state index < -0.39 is 10.0 Å². The first kappa shape index (κ1) is 17.1. The van der Waals surface area contributed by atoms with Crippen LogP contribution < -0.4 is 9.46 Å². The summed E-state index contributed by atoms with van der Waals surface area (Å²) in [7, 11) is -3.59. The molecule has 0 fully saturated rings. The third-order valence-corrected chi connectivity index (χ3v) is 6.34. The summed E-state index contributed by atoms with van der Waals surface area (Å²) >= 11 is 0. The molecule has 4 rings (SSSR count). The SMILES string of the molecule is CC(Cc1ccc2c(c1)CCO2)NS(=O)(=O)c1cccc2ccccc12. The fourth-order valence-electron chi connectivity index (χ4n) is 3.52. The molecule has 0 spiro atoms. The van der Waals surface area contributed by atoms with Crippen molar-refractivity contribution in [3.63, 3.8) is 0 Å². The number of rotatable bonds is 5. The molecule has 1 atom stereocenters. The highest BCUT2D eigenvalue weighted by Crippen LogP contribution is 2.27. The van der Waals surface area contributed by atoms with Gasteiger partial charge < -0.3 is 4.74 Å². The quantitative estimate of drug-likeness (QED) is 0.748. The fraction of sp³-hybridized carbons (Fsp3) is 0.238. The van der Waals surface area contributed by atoms with Crippen molar-refractivity contribution in [2.45, 2.75) is 30.7 Å². The average molecular weight is 367 g/mol. The molecule has 3 aromatic carbocycles. The second-order valence-corrected chi connectivity index (χ2v) is 8.43. The number of fused-ring (bicyclic) bond motifs is 2. The van der Waals surface area contributed by atoms with Gasteiger partial charge in [0.1, 0.15) is 5.75 Å². The maximum Gasteiger partial charge on any atom is 0.241 e. The second kappa shape index (κ2) is 6.74. The van der Waals surface area contributed by atoms with Gasteiger partial charge >= 0.3 is 0 Å². The predicted octanol–water partition coefficient (Wildman–Crippen LogP) is 3.68. The molecular weight excluding hydrogens is 346 g/mol. The van der Waals surface area contributed by atoms with E-state index in [0.717, 1.165) is 35.1 Å². The van der Waals surface area contributed by atoms with Crippen LogP contribution in [0.25, 0.3) is 10.8 Å². The molecule has 1 aliphatic heterocycles. The summed E-state index contributed by atoms with van der Waals surface area (Å²) in [6.45, 7) is 2.62. The highest BCUT2D eigenvalue weighted by atomic mass is 32.2. The van der Waals surface area contributed by atoms with Crippen molar-refractivity contribution >= 4 is 20.8 Å². The van der Waals surface area contributed by atoms with Gasteiger partial charge in [0.2, 0.25) is 10.0 Å². The molecule has 1 aliphatic rings. The Morgan fingerprint density at radius 1 is 1.08 bits per heavy atom. The summed E-state index contributed by atoms with van der Waals surface area (Å²) < 4.78 is 34.2. The van der Waals surface area contributed by atoms with Crippen molar-refractivity contribution in [1.82, 2.24) is 4.72 Å². The van der Waals surface area contributed by atoms with Crippen molar-refractivity contribution in [2.75, 3.05) is 6.61 Å². The minimum atomic E-state index is -3.59. The molecule has 4 nitrogen and oxygen atoms in total. The molecule has 1 heterocycles. The Bertz CT molecular complexity index is 1050. The van der Waals surface area contributed by atoms with E-state index in [-0.39, 0.29) is 6.04 Å². The van der Waals surface area contributed by atoms with Crippen molar-refractivity contribution in [1.29, 1.82) is 0 Å². The lowest BCUT2D eigenvalue weighted by atomic mass is 10.0. The topological polar surface area (TPSA) is 55.4 Å². The summed E-state index contributed by atoms with van der Waals surface area (Å²) in [5.41, 5.74) is 2.31. The van der Waals surface area contributed by atoms with Crippen LogP contribution in [-0.4, -0.2) is 21.1 Å². The summed E-state index contributed by atoms with van der Waals surface area (Å²) in [5.74, 6) is 0.942. The Hall–Kier alpha value is -2.37. The molecule has 134 valence electrons. The lowest BCUT2D eigenvalue weighted by Gasteiger charge is -2.16. The predicted molar refractivity (Wildman–Crippen MR) is 103 cm³/mol. The van der Waals surface area contributed by atoms with Crippen LogP contribution in [-0.2, 0) is 22.9 Å². The first-order valence-electron chi connectivity index (χ1n) is 8.78. The van der Waals surface area contributed by atoms with Gasteiger partial charge in [0, 0.05) is 17.8 Å². The smallest absolute Gasteiger partial charge is 0.241 e. The van der Waals surface area contributed by atoms with Crippen LogP contribution in [0, 0.1) is 0 Å².